The van der Waals surface area contributed by atoms with Crippen LogP contribution < -0.4 is 9.46 Å². The molecule has 8 heteroatoms. The molecular weight excluding hydrogens is 560 g/mol. The number of phenolic OH excluding ortho intramolecular Hbond substituents is 1. The van der Waals surface area contributed by atoms with Gasteiger partial charge in [0.25, 0.3) is 0 Å². The summed E-state index contributed by atoms with van der Waals surface area (Å²) in [6.45, 7) is 5.88. The highest BCUT2D eigenvalue weighted by Crippen LogP contribution is 2.65. The van der Waals surface area contributed by atoms with Crippen molar-refractivity contribution in [1.82, 2.24) is 9.62 Å². The maximum Gasteiger partial charge on any atom is 0.216 e. The lowest BCUT2D eigenvalue weighted by molar-refractivity contribution is -0.189. The number of sulfonamides is 1. The molecule has 7 nitrogen and oxygen atoms in total. The smallest absolute Gasteiger partial charge is 0.216 e. The molecule has 2 heterocycles. The van der Waals surface area contributed by atoms with Crippen molar-refractivity contribution in [3.63, 3.8) is 0 Å². The molecule has 43 heavy (non-hydrogen) atoms. The highest BCUT2D eigenvalue weighted by molar-refractivity contribution is 7.88. The van der Waals surface area contributed by atoms with Crippen molar-refractivity contribution in [3.05, 3.63) is 94.5 Å². The van der Waals surface area contributed by atoms with Crippen molar-refractivity contribution >= 4 is 10.0 Å². The monoisotopic (exact) mass is 602 g/mol. The zero-order valence-electron chi connectivity index (χ0n) is 25.0. The predicted molar refractivity (Wildman–Crippen MR) is 167 cm³/mol. The highest BCUT2D eigenvalue weighted by Gasteiger charge is 2.73. The fraction of sp³-hybridized carbons (Fsp3) is 0.486. The Labute approximate surface area is 254 Å². The molecule has 3 aromatic rings. The van der Waals surface area contributed by atoms with E-state index in [1.165, 1.54) is 5.56 Å². The first-order valence-corrected chi connectivity index (χ1v) is 17.4. The lowest BCUT2D eigenvalue weighted by Crippen LogP contribution is -2.78. The lowest BCUT2D eigenvalue weighted by Gasteiger charge is -2.64. The normalized spacial score (nSPS) is 29.3. The molecule has 7 rings (SSSR count). The molecule has 0 radical (unpaired) electrons. The van der Waals surface area contributed by atoms with E-state index in [1.807, 2.05) is 36.4 Å². The summed E-state index contributed by atoms with van der Waals surface area (Å²) in [7, 11) is -3.72. The third-order valence-electron chi connectivity index (χ3n) is 10.5. The Morgan fingerprint density at radius 1 is 1.02 bits per heavy atom. The maximum absolute atomic E-state index is 13.7. The van der Waals surface area contributed by atoms with E-state index in [2.05, 4.69) is 47.7 Å². The zero-order valence-corrected chi connectivity index (χ0v) is 25.8. The number of rotatable bonds is 9. The van der Waals surface area contributed by atoms with E-state index in [0.29, 0.717) is 37.4 Å². The molecule has 0 unspecified atom stereocenters. The van der Waals surface area contributed by atoms with Gasteiger partial charge in [-0.2, -0.15) is 0 Å². The summed E-state index contributed by atoms with van der Waals surface area (Å²) in [6, 6.07) is 21.2. The van der Waals surface area contributed by atoms with Crippen molar-refractivity contribution < 1.29 is 23.4 Å². The highest BCUT2D eigenvalue weighted by atomic mass is 32.2. The molecule has 2 fully saturated rings. The fourth-order valence-electron chi connectivity index (χ4n) is 8.75. The Morgan fingerprint density at radius 3 is 2.53 bits per heavy atom. The van der Waals surface area contributed by atoms with Gasteiger partial charge < -0.3 is 14.9 Å². The third-order valence-corrected chi connectivity index (χ3v) is 11.9. The maximum atomic E-state index is 13.7. The number of aliphatic hydroxyl groups is 1. The van der Waals surface area contributed by atoms with E-state index < -0.39 is 33.2 Å². The standard InChI is InChI=1S/C35H42N2O5S/c1-23(2)20-25-10-6-7-11-27(25)22-43(40,41)36-28-14-16-35(39)30-21-26-12-13-29(38)32-31(26)34(35,33(28)42-32)17-19-37(30)18-15-24-8-4-3-5-9-24/h3-13,23,28,30,33,36,38-39H,14-22H2,1-2H3/t28-,30+,33-,34-,35+/m0/s1. The summed E-state index contributed by atoms with van der Waals surface area (Å²) in [5.74, 6) is 0.789. The van der Waals surface area contributed by atoms with Crippen LogP contribution in [0.15, 0.2) is 66.7 Å². The van der Waals surface area contributed by atoms with Crippen LogP contribution in [0, 0.1) is 5.92 Å². The number of ether oxygens (including phenoxy) is 1. The molecule has 2 bridgehead atoms. The second-order valence-electron chi connectivity index (χ2n) is 13.5. The van der Waals surface area contributed by atoms with Gasteiger partial charge in [-0.25, -0.2) is 13.1 Å². The Hall–Kier alpha value is -2.91. The largest absolute Gasteiger partial charge is 0.504 e. The number of aromatic hydroxyl groups is 1. The topological polar surface area (TPSA) is 99.1 Å². The van der Waals surface area contributed by atoms with Crippen molar-refractivity contribution in [2.75, 3.05) is 13.1 Å². The van der Waals surface area contributed by atoms with Crippen molar-refractivity contribution in [2.24, 2.45) is 5.92 Å². The number of nitrogens with one attached hydrogen (secondary N) is 1. The minimum atomic E-state index is -3.72. The summed E-state index contributed by atoms with van der Waals surface area (Å²) in [5, 5.41) is 23.7. The number of hydrogen-bond donors (Lipinski definition) is 3. The zero-order chi connectivity index (χ0) is 30.0. The average Bonchev–Trinajstić information content (AvgIpc) is 3.33. The fourth-order valence-corrected chi connectivity index (χ4v) is 10.2. The van der Waals surface area contributed by atoms with E-state index in [1.54, 1.807) is 6.07 Å². The van der Waals surface area contributed by atoms with Gasteiger partial charge in [0.15, 0.2) is 11.5 Å². The molecule has 2 aliphatic carbocycles. The second kappa shape index (κ2) is 10.6. The van der Waals surface area contributed by atoms with Gasteiger partial charge in [0.1, 0.15) is 6.10 Å². The molecule has 0 amide bonds. The Kier molecular flexibility index (Phi) is 7.12. The van der Waals surface area contributed by atoms with Crippen molar-refractivity contribution in [2.45, 2.75) is 87.3 Å². The van der Waals surface area contributed by atoms with Crippen LogP contribution in [0.2, 0.25) is 0 Å². The number of hydrogen-bond acceptors (Lipinski definition) is 6. The molecule has 1 saturated heterocycles. The third kappa shape index (κ3) is 4.69. The molecule has 3 aromatic carbocycles. The van der Waals surface area contributed by atoms with E-state index in [9.17, 15) is 18.6 Å². The van der Waals surface area contributed by atoms with Gasteiger partial charge in [0.05, 0.1) is 22.8 Å². The van der Waals surface area contributed by atoms with Gasteiger partial charge in [-0.3, -0.25) is 4.90 Å². The molecule has 3 N–H and O–H groups in total. The quantitative estimate of drug-likeness (QED) is 0.334. The first-order chi connectivity index (χ1) is 20.6. The SMILES string of the molecule is CC(C)Cc1ccccc1CS(=O)(=O)N[C@H]1CC[C@@]2(O)[C@H]3Cc4ccc(O)c5c4[C@@]2(CCN3CCc2ccccc2)[C@H]1O5. The van der Waals surface area contributed by atoms with Crippen LogP contribution in [0.3, 0.4) is 0 Å². The molecule has 4 aliphatic rings. The Morgan fingerprint density at radius 2 is 1.77 bits per heavy atom. The molecule has 1 saturated carbocycles. The van der Waals surface area contributed by atoms with E-state index >= 15 is 0 Å². The predicted octanol–water partition coefficient (Wildman–Crippen LogP) is 4.48. The van der Waals surface area contributed by atoms with Gasteiger partial charge in [0, 0.05) is 18.2 Å². The van der Waals surface area contributed by atoms with E-state index in [4.69, 9.17) is 4.74 Å². The number of benzene rings is 3. The molecule has 228 valence electrons. The summed E-state index contributed by atoms with van der Waals surface area (Å²) in [6.07, 6.45) is 3.35. The van der Waals surface area contributed by atoms with Gasteiger partial charge in [-0.05, 0) is 79.3 Å². The Balaban J connectivity index is 1.20. The van der Waals surface area contributed by atoms with E-state index in [-0.39, 0.29) is 17.5 Å². The minimum Gasteiger partial charge on any atom is -0.504 e. The van der Waals surface area contributed by atoms with Gasteiger partial charge >= 0.3 is 0 Å². The van der Waals surface area contributed by atoms with Crippen LogP contribution in [0.25, 0.3) is 0 Å². The molecular formula is C35H42N2O5S. The molecule has 0 aromatic heterocycles. The first kappa shape index (κ1) is 28.8. The summed E-state index contributed by atoms with van der Waals surface area (Å²) < 4.78 is 37.1. The Bertz CT molecular complexity index is 1630. The van der Waals surface area contributed by atoms with Crippen LogP contribution in [0.5, 0.6) is 11.5 Å². The molecule has 5 atom stereocenters. The minimum absolute atomic E-state index is 0.0547. The summed E-state index contributed by atoms with van der Waals surface area (Å²) in [5.41, 5.74) is 3.23. The van der Waals surface area contributed by atoms with Crippen molar-refractivity contribution in [1.29, 1.82) is 0 Å². The van der Waals surface area contributed by atoms with E-state index in [0.717, 1.165) is 48.2 Å². The van der Waals surface area contributed by atoms with Crippen LogP contribution >= 0.6 is 0 Å². The summed E-state index contributed by atoms with van der Waals surface area (Å²) in [4.78, 5) is 2.43. The number of likely N-dealkylation sites (tertiary alicyclic amines) is 1. The van der Waals surface area contributed by atoms with Gasteiger partial charge in [-0.15, -0.1) is 0 Å². The molecule has 1 spiro atoms. The second-order valence-corrected chi connectivity index (χ2v) is 15.3. The first-order valence-electron chi connectivity index (χ1n) is 15.7. The van der Waals surface area contributed by atoms with Gasteiger partial charge in [0.2, 0.25) is 10.0 Å². The number of phenols is 1. The van der Waals surface area contributed by atoms with Crippen molar-refractivity contribution in [3.8, 4) is 11.5 Å². The number of piperidine rings is 1. The number of nitrogens with zero attached hydrogens (tertiary/aromatic N) is 1. The molecule has 2 aliphatic heterocycles. The van der Waals surface area contributed by atoms with Crippen LogP contribution in [-0.2, 0) is 40.5 Å². The van der Waals surface area contributed by atoms with Crippen LogP contribution in [-0.4, -0.2) is 60.4 Å². The summed E-state index contributed by atoms with van der Waals surface area (Å²) >= 11 is 0. The lowest BCUT2D eigenvalue weighted by atomic mass is 9.48. The average molecular weight is 603 g/mol. The van der Waals surface area contributed by atoms with Gasteiger partial charge in [-0.1, -0.05) is 74.5 Å². The van der Waals surface area contributed by atoms with Crippen LogP contribution in [0.4, 0.5) is 0 Å². The van der Waals surface area contributed by atoms with Crippen LogP contribution in [0.1, 0.15) is 60.9 Å².